The molecule has 2 nitrogen and oxygen atoms in total. The minimum atomic E-state index is -3.77. The number of nitrogens with zero attached hydrogens (tertiary/aromatic N) is 1. The highest BCUT2D eigenvalue weighted by atomic mass is 32.3. The monoisotopic (exact) mass is 277 g/mol. The van der Waals surface area contributed by atoms with Gasteiger partial charge in [-0.3, -0.25) is 0 Å². The van der Waals surface area contributed by atoms with Crippen LogP contribution in [-0.2, 0) is 16.5 Å². The summed E-state index contributed by atoms with van der Waals surface area (Å²) in [5.41, 5.74) is 2.06. The first-order chi connectivity index (χ1) is 9.08. The second-order valence-corrected chi connectivity index (χ2v) is 6.01. The van der Waals surface area contributed by atoms with Crippen molar-refractivity contribution in [3.05, 3.63) is 65.7 Å². The normalized spacial score (nSPS) is 13.8. The van der Waals surface area contributed by atoms with Crippen LogP contribution in [0.25, 0.3) is 0 Å². The van der Waals surface area contributed by atoms with Gasteiger partial charge in [0.05, 0.1) is 11.4 Å². The molecule has 2 rings (SSSR count). The summed E-state index contributed by atoms with van der Waals surface area (Å²) in [5, 5.41) is 0. The zero-order valence-corrected chi connectivity index (χ0v) is 11.6. The highest BCUT2D eigenvalue weighted by Gasteiger charge is 2.09. The summed E-state index contributed by atoms with van der Waals surface area (Å²) < 4.78 is 29.6. The molecule has 4 heteroatoms. The zero-order chi connectivity index (χ0) is 13.7. The van der Waals surface area contributed by atoms with Crippen molar-refractivity contribution in [1.82, 2.24) is 0 Å². The molecular formula is C15H16FNOS. The lowest BCUT2D eigenvalue weighted by Gasteiger charge is -2.02. The van der Waals surface area contributed by atoms with Gasteiger partial charge in [-0.2, -0.15) is 0 Å². The maximum Gasteiger partial charge on any atom is 0.230 e. The lowest BCUT2D eigenvalue weighted by atomic mass is 10.2. The molecule has 0 bridgehead atoms. The fourth-order valence-electron chi connectivity index (χ4n) is 1.72. The molecule has 1 atom stereocenters. The first-order valence-electron chi connectivity index (χ1n) is 6.11. The molecule has 19 heavy (non-hydrogen) atoms. The third kappa shape index (κ3) is 3.89. The number of rotatable bonds is 4. The Labute approximate surface area is 113 Å². The standard InChI is InChI=1S/C15H16FNOS/c1-13-7-9-15(10-8-13)19(16,18)17-12-11-14-5-3-2-4-6-14/h2-10H,11-12H2,1H3. The summed E-state index contributed by atoms with van der Waals surface area (Å²) in [5.74, 6) is 0. The van der Waals surface area contributed by atoms with E-state index in [4.69, 9.17) is 0 Å². The molecule has 1 unspecified atom stereocenters. The van der Waals surface area contributed by atoms with Crippen molar-refractivity contribution in [1.29, 1.82) is 0 Å². The molecule has 0 spiro atoms. The first-order valence-corrected chi connectivity index (χ1v) is 7.52. The minimum absolute atomic E-state index is 0.145. The van der Waals surface area contributed by atoms with Crippen molar-refractivity contribution in [2.45, 2.75) is 18.2 Å². The van der Waals surface area contributed by atoms with Gasteiger partial charge < -0.3 is 0 Å². The Bertz CT molecular complexity index is 644. The van der Waals surface area contributed by atoms with Gasteiger partial charge in [0.25, 0.3) is 0 Å². The molecule has 0 aliphatic heterocycles. The third-order valence-electron chi connectivity index (χ3n) is 2.81. The van der Waals surface area contributed by atoms with Crippen molar-refractivity contribution >= 4 is 10.1 Å². The number of benzene rings is 2. The van der Waals surface area contributed by atoms with Gasteiger partial charge >= 0.3 is 0 Å². The van der Waals surface area contributed by atoms with Gasteiger partial charge in [-0.1, -0.05) is 48.0 Å². The van der Waals surface area contributed by atoms with Crippen molar-refractivity contribution in [3.8, 4) is 0 Å². The van der Waals surface area contributed by atoms with Crippen LogP contribution in [0, 0.1) is 6.92 Å². The molecular weight excluding hydrogens is 261 g/mol. The highest BCUT2D eigenvalue weighted by molar-refractivity contribution is 7.88. The highest BCUT2D eigenvalue weighted by Crippen LogP contribution is 2.16. The van der Waals surface area contributed by atoms with Crippen molar-refractivity contribution < 1.29 is 8.09 Å². The summed E-state index contributed by atoms with van der Waals surface area (Å²) in [4.78, 5) is 0.145. The maximum absolute atomic E-state index is 14.0. The van der Waals surface area contributed by atoms with E-state index in [1.807, 2.05) is 37.3 Å². The molecule has 100 valence electrons. The van der Waals surface area contributed by atoms with E-state index < -0.39 is 10.1 Å². The molecule has 0 aliphatic rings. The van der Waals surface area contributed by atoms with Crippen LogP contribution >= 0.6 is 0 Å². The van der Waals surface area contributed by atoms with Gasteiger partial charge in [0.15, 0.2) is 0 Å². The van der Waals surface area contributed by atoms with Crippen molar-refractivity contribution in [3.63, 3.8) is 0 Å². The SMILES string of the molecule is Cc1ccc(S(=O)(F)=NCCc2ccccc2)cc1. The van der Waals surface area contributed by atoms with Crippen LogP contribution in [0.5, 0.6) is 0 Å². The van der Waals surface area contributed by atoms with Crippen LogP contribution < -0.4 is 0 Å². The van der Waals surface area contributed by atoms with Crippen LogP contribution in [0.15, 0.2) is 63.9 Å². The summed E-state index contributed by atoms with van der Waals surface area (Å²) in [6.45, 7) is 2.11. The molecule has 0 aliphatic carbocycles. The molecule has 0 aromatic heterocycles. The molecule has 0 fully saturated rings. The Morgan fingerprint density at radius 2 is 1.68 bits per heavy atom. The maximum atomic E-state index is 14.0. The predicted octanol–water partition coefficient (Wildman–Crippen LogP) is 3.95. The molecule has 2 aromatic rings. The van der Waals surface area contributed by atoms with E-state index in [0.717, 1.165) is 11.1 Å². The second-order valence-electron chi connectivity index (χ2n) is 4.36. The summed E-state index contributed by atoms with van der Waals surface area (Å²) >= 11 is 0. The van der Waals surface area contributed by atoms with E-state index in [0.29, 0.717) is 6.42 Å². The number of aryl methyl sites for hydroxylation is 1. The Hall–Kier alpha value is -1.68. The van der Waals surface area contributed by atoms with E-state index in [2.05, 4.69) is 4.36 Å². The molecule has 2 aromatic carbocycles. The molecule has 0 saturated carbocycles. The molecule has 0 amide bonds. The van der Waals surface area contributed by atoms with Crippen LogP contribution in [0.4, 0.5) is 3.89 Å². The van der Waals surface area contributed by atoms with E-state index >= 15 is 0 Å². The van der Waals surface area contributed by atoms with E-state index in [1.54, 1.807) is 12.1 Å². The van der Waals surface area contributed by atoms with E-state index in [-0.39, 0.29) is 11.4 Å². The second kappa shape index (κ2) is 5.97. The number of hydrogen-bond donors (Lipinski definition) is 0. The van der Waals surface area contributed by atoms with Gasteiger partial charge in [-0.05, 0) is 31.0 Å². The first kappa shape index (κ1) is 13.7. The molecule has 0 N–H and O–H groups in total. The van der Waals surface area contributed by atoms with Crippen LogP contribution in [-0.4, -0.2) is 10.8 Å². The van der Waals surface area contributed by atoms with Crippen molar-refractivity contribution in [2.75, 3.05) is 6.54 Å². The summed E-state index contributed by atoms with van der Waals surface area (Å²) in [6, 6.07) is 16.2. The fraction of sp³-hybridized carbons (Fsp3) is 0.200. The zero-order valence-electron chi connectivity index (χ0n) is 10.8. The predicted molar refractivity (Wildman–Crippen MR) is 76.1 cm³/mol. The Morgan fingerprint density at radius 3 is 2.32 bits per heavy atom. The number of hydrogen-bond acceptors (Lipinski definition) is 2. The topological polar surface area (TPSA) is 29.4 Å². The van der Waals surface area contributed by atoms with Gasteiger partial charge in [-0.15, -0.1) is 3.89 Å². The Kier molecular flexibility index (Phi) is 4.32. The minimum Gasteiger partial charge on any atom is -0.211 e. The van der Waals surface area contributed by atoms with Gasteiger partial charge in [0, 0.05) is 0 Å². The Morgan fingerprint density at radius 1 is 1.05 bits per heavy atom. The van der Waals surface area contributed by atoms with Crippen LogP contribution in [0.3, 0.4) is 0 Å². The van der Waals surface area contributed by atoms with Crippen molar-refractivity contribution in [2.24, 2.45) is 4.36 Å². The Balaban J connectivity index is 2.09. The lowest BCUT2D eigenvalue weighted by molar-refractivity contribution is 0.635. The number of halogens is 1. The van der Waals surface area contributed by atoms with Gasteiger partial charge in [-0.25, -0.2) is 8.57 Å². The molecule has 0 radical (unpaired) electrons. The quantitative estimate of drug-likeness (QED) is 0.778. The largest absolute Gasteiger partial charge is 0.230 e. The fourth-order valence-corrected chi connectivity index (χ4v) is 2.66. The van der Waals surface area contributed by atoms with E-state index in [9.17, 15) is 8.09 Å². The van der Waals surface area contributed by atoms with Crippen LogP contribution in [0.1, 0.15) is 11.1 Å². The molecule has 0 saturated heterocycles. The third-order valence-corrected chi connectivity index (χ3v) is 4.18. The van der Waals surface area contributed by atoms with E-state index in [1.165, 1.54) is 12.1 Å². The molecule has 0 heterocycles. The lowest BCUT2D eigenvalue weighted by Crippen LogP contribution is -1.96. The van der Waals surface area contributed by atoms with Gasteiger partial charge in [0.2, 0.25) is 10.1 Å². The smallest absolute Gasteiger partial charge is 0.211 e. The average molecular weight is 277 g/mol. The van der Waals surface area contributed by atoms with Crippen LogP contribution in [0.2, 0.25) is 0 Å². The summed E-state index contributed by atoms with van der Waals surface area (Å²) in [7, 11) is -3.77. The average Bonchev–Trinajstić information content (AvgIpc) is 2.40. The van der Waals surface area contributed by atoms with Gasteiger partial charge in [0.1, 0.15) is 0 Å². The summed E-state index contributed by atoms with van der Waals surface area (Å²) in [6.07, 6.45) is 0.591.